The van der Waals surface area contributed by atoms with Gasteiger partial charge in [-0.25, -0.2) is 18.2 Å². The lowest BCUT2D eigenvalue weighted by atomic mass is 10.2. The highest BCUT2D eigenvalue weighted by Gasteiger charge is 2.18. The van der Waals surface area contributed by atoms with Gasteiger partial charge in [0.2, 0.25) is 11.9 Å². The molecule has 1 fully saturated rings. The van der Waals surface area contributed by atoms with Crippen LogP contribution < -0.4 is 16.0 Å². The molecule has 9 nitrogen and oxygen atoms in total. The first kappa shape index (κ1) is 21.6. The fourth-order valence-corrected chi connectivity index (χ4v) is 3.15. The van der Waals surface area contributed by atoms with E-state index < -0.39 is 17.5 Å². The fourth-order valence-electron chi connectivity index (χ4n) is 3.15. The van der Waals surface area contributed by atoms with E-state index in [0.717, 1.165) is 6.42 Å². The van der Waals surface area contributed by atoms with Gasteiger partial charge in [-0.1, -0.05) is 0 Å². The van der Waals surface area contributed by atoms with Crippen molar-refractivity contribution in [2.24, 2.45) is 0 Å². The number of benzene rings is 1. The van der Waals surface area contributed by atoms with E-state index in [1.165, 1.54) is 23.1 Å². The molecule has 3 N–H and O–H groups in total. The van der Waals surface area contributed by atoms with E-state index in [4.69, 9.17) is 4.74 Å². The van der Waals surface area contributed by atoms with Gasteiger partial charge in [0.1, 0.15) is 29.8 Å². The Bertz CT molecular complexity index is 1080. The highest BCUT2D eigenvalue weighted by molar-refractivity contribution is 5.76. The molecular formula is C20H20F3N7O2. The Morgan fingerprint density at radius 3 is 2.81 bits per heavy atom. The molecule has 0 radical (unpaired) electrons. The number of hydrogen-bond acceptors (Lipinski definition) is 7. The van der Waals surface area contributed by atoms with Gasteiger partial charge in [-0.05, 0) is 12.5 Å². The number of halogens is 3. The summed E-state index contributed by atoms with van der Waals surface area (Å²) in [7, 11) is 0. The lowest BCUT2D eigenvalue weighted by Crippen LogP contribution is -2.37. The Morgan fingerprint density at radius 2 is 2.06 bits per heavy atom. The molecule has 0 bridgehead atoms. The largest absolute Gasteiger partial charge is 0.379 e. The van der Waals surface area contributed by atoms with Crippen LogP contribution in [0.3, 0.4) is 0 Å². The Hall–Kier alpha value is -3.67. The van der Waals surface area contributed by atoms with Crippen molar-refractivity contribution in [1.82, 2.24) is 25.1 Å². The number of anilines is 3. The molecular weight excluding hydrogens is 427 g/mol. The third-order valence-corrected chi connectivity index (χ3v) is 4.70. The van der Waals surface area contributed by atoms with Gasteiger partial charge in [0, 0.05) is 43.2 Å². The maximum Gasteiger partial charge on any atom is 0.242 e. The van der Waals surface area contributed by atoms with Crippen LogP contribution >= 0.6 is 0 Å². The van der Waals surface area contributed by atoms with Gasteiger partial charge in [-0.3, -0.25) is 9.48 Å². The predicted octanol–water partition coefficient (Wildman–Crippen LogP) is 2.35. The summed E-state index contributed by atoms with van der Waals surface area (Å²) in [5.41, 5.74) is 0.248. The van der Waals surface area contributed by atoms with Crippen molar-refractivity contribution in [3.63, 3.8) is 0 Å². The number of aromatic nitrogens is 4. The van der Waals surface area contributed by atoms with Crippen LogP contribution in [0.5, 0.6) is 0 Å². The number of carbonyl (C=O) groups excluding carboxylic acids is 1. The van der Waals surface area contributed by atoms with Crippen LogP contribution in [0.25, 0.3) is 0 Å². The maximum absolute atomic E-state index is 13.8. The Labute approximate surface area is 181 Å². The van der Waals surface area contributed by atoms with Gasteiger partial charge in [0.05, 0.1) is 24.5 Å². The monoisotopic (exact) mass is 447 g/mol. The first-order valence-corrected chi connectivity index (χ1v) is 9.83. The number of nitrogens with one attached hydrogen (secondary N) is 3. The molecule has 1 atom stereocenters. The molecule has 2 aromatic heterocycles. The van der Waals surface area contributed by atoms with E-state index in [1.807, 2.05) is 0 Å². The summed E-state index contributed by atoms with van der Waals surface area (Å²) in [6.07, 6.45) is 5.38. The molecule has 0 spiro atoms. The van der Waals surface area contributed by atoms with Crippen molar-refractivity contribution >= 4 is 23.4 Å². The molecule has 1 aliphatic rings. The lowest BCUT2D eigenvalue weighted by molar-refractivity contribution is -0.122. The zero-order chi connectivity index (χ0) is 22.5. The summed E-state index contributed by atoms with van der Waals surface area (Å²) >= 11 is 0. The van der Waals surface area contributed by atoms with Crippen LogP contribution in [0.4, 0.5) is 30.6 Å². The van der Waals surface area contributed by atoms with Crippen LogP contribution in [0.2, 0.25) is 0 Å². The molecule has 3 aromatic rings. The standard InChI is InChI=1S/C20H20F3N7O2/c21-12-5-16(22)15(17(23)6-12)8-25-18-1-3-24-20(29-18)28-14-7-26-30(9-14)10-19(31)27-13-2-4-32-11-13/h1,3,5-7,9,13H,2,4,8,10-11H2,(H,27,31)(H2,24,25,28,29). The highest BCUT2D eigenvalue weighted by atomic mass is 19.1. The lowest BCUT2D eigenvalue weighted by Gasteiger charge is -2.10. The first-order valence-electron chi connectivity index (χ1n) is 9.83. The minimum Gasteiger partial charge on any atom is -0.379 e. The van der Waals surface area contributed by atoms with Crippen LogP contribution in [0, 0.1) is 17.5 Å². The predicted molar refractivity (Wildman–Crippen MR) is 109 cm³/mol. The number of rotatable bonds is 8. The quantitative estimate of drug-likeness (QED) is 0.487. The number of carbonyl (C=O) groups is 1. The number of nitrogens with zero attached hydrogens (tertiary/aromatic N) is 4. The minimum absolute atomic E-state index is 0.0242. The second-order valence-corrected chi connectivity index (χ2v) is 7.15. The minimum atomic E-state index is -0.987. The van der Waals surface area contributed by atoms with Gasteiger partial charge in [0.25, 0.3) is 0 Å². The third kappa shape index (κ3) is 5.52. The summed E-state index contributed by atoms with van der Waals surface area (Å²) in [4.78, 5) is 20.4. The third-order valence-electron chi connectivity index (χ3n) is 4.70. The van der Waals surface area contributed by atoms with E-state index in [-0.39, 0.29) is 36.6 Å². The van der Waals surface area contributed by atoms with E-state index >= 15 is 0 Å². The van der Waals surface area contributed by atoms with Crippen molar-refractivity contribution in [2.45, 2.75) is 25.6 Å². The molecule has 168 valence electrons. The molecule has 1 aromatic carbocycles. The molecule has 1 amide bonds. The normalized spacial score (nSPS) is 15.5. The summed E-state index contributed by atoms with van der Waals surface area (Å²) in [6.45, 7) is 0.977. The van der Waals surface area contributed by atoms with E-state index in [2.05, 4.69) is 31.0 Å². The fraction of sp³-hybridized carbons (Fsp3) is 0.300. The van der Waals surface area contributed by atoms with Crippen molar-refractivity contribution in [1.29, 1.82) is 0 Å². The molecule has 3 heterocycles. The van der Waals surface area contributed by atoms with E-state index in [0.29, 0.717) is 36.9 Å². The Kier molecular flexibility index (Phi) is 6.50. The molecule has 0 aliphatic carbocycles. The Balaban J connectivity index is 1.33. The highest BCUT2D eigenvalue weighted by Crippen LogP contribution is 2.18. The van der Waals surface area contributed by atoms with Crippen molar-refractivity contribution in [3.8, 4) is 0 Å². The average Bonchev–Trinajstić information content (AvgIpc) is 3.39. The zero-order valence-electron chi connectivity index (χ0n) is 16.8. The Morgan fingerprint density at radius 1 is 1.25 bits per heavy atom. The van der Waals surface area contributed by atoms with E-state index in [9.17, 15) is 18.0 Å². The van der Waals surface area contributed by atoms with Gasteiger partial charge in [-0.2, -0.15) is 10.1 Å². The second kappa shape index (κ2) is 9.64. The van der Waals surface area contributed by atoms with Crippen molar-refractivity contribution in [2.75, 3.05) is 23.8 Å². The molecule has 32 heavy (non-hydrogen) atoms. The van der Waals surface area contributed by atoms with Gasteiger partial charge in [0.15, 0.2) is 0 Å². The molecule has 0 saturated carbocycles. The zero-order valence-corrected chi connectivity index (χ0v) is 16.8. The smallest absolute Gasteiger partial charge is 0.242 e. The summed E-state index contributed by atoms with van der Waals surface area (Å²) in [5.74, 6) is -2.61. The molecule has 1 saturated heterocycles. The summed E-state index contributed by atoms with van der Waals surface area (Å²) in [6, 6.07) is 2.78. The maximum atomic E-state index is 13.8. The number of amides is 1. The first-order chi connectivity index (χ1) is 15.5. The number of ether oxygens (including phenoxy) is 1. The van der Waals surface area contributed by atoms with Gasteiger partial charge in [-0.15, -0.1) is 0 Å². The van der Waals surface area contributed by atoms with E-state index in [1.54, 1.807) is 6.20 Å². The van der Waals surface area contributed by atoms with Gasteiger partial charge < -0.3 is 20.7 Å². The van der Waals surface area contributed by atoms with Gasteiger partial charge >= 0.3 is 0 Å². The summed E-state index contributed by atoms with van der Waals surface area (Å²) in [5, 5.41) is 12.7. The molecule has 1 aliphatic heterocycles. The second-order valence-electron chi connectivity index (χ2n) is 7.15. The average molecular weight is 447 g/mol. The topological polar surface area (TPSA) is 106 Å². The molecule has 1 unspecified atom stereocenters. The molecule has 4 rings (SSSR count). The summed E-state index contributed by atoms with van der Waals surface area (Å²) < 4.78 is 47.3. The molecule has 12 heteroatoms. The van der Waals surface area contributed by atoms with Crippen LogP contribution in [-0.2, 0) is 22.6 Å². The number of hydrogen-bond donors (Lipinski definition) is 3. The van der Waals surface area contributed by atoms with Crippen molar-refractivity contribution < 1.29 is 22.7 Å². The van der Waals surface area contributed by atoms with Crippen LogP contribution in [0.15, 0.2) is 36.8 Å². The van der Waals surface area contributed by atoms with Crippen LogP contribution in [0.1, 0.15) is 12.0 Å². The van der Waals surface area contributed by atoms with Crippen LogP contribution in [-0.4, -0.2) is 44.9 Å². The SMILES string of the molecule is O=C(Cn1cc(Nc2nccc(NCc3c(F)cc(F)cc3F)n2)cn1)NC1CCOC1. The van der Waals surface area contributed by atoms with Crippen molar-refractivity contribution in [3.05, 3.63) is 59.8 Å².